The van der Waals surface area contributed by atoms with Crippen LogP contribution in [0.25, 0.3) is 0 Å². The van der Waals surface area contributed by atoms with Crippen LogP contribution in [0.5, 0.6) is 0 Å². The van der Waals surface area contributed by atoms with Crippen LogP contribution in [0.3, 0.4) is 0 Å². The Balaban J connectivity index is 0.00000320. The standard InChI is InChI=1S/C23H29FN4O.HI/c1-25-22(27-17-23(13-14-23)19-10-6-7-11-20(19)24)26-15-12-21(29)28(2)16-18-8-4-3-5-9-18;/h3-11H,12-17H2,1-2H3,(H2,25,26,27);1H. The maximum atomic E-state index is 14.1. The van der Waals surface area contributed by atoms with Crippen molar-refractivity contribution in [3.8, 4) is 0 Å². The van der Waals surface area contributed by atoms with E-state index in [1.807, 2.05) is 49.5 Å². The van der Waals surface area contributed by atoms with E-state index in [9.17, 15) is 9.18 Å². The Kier molecular flexibility index (Phi) is 9.08. The van der Waals surface area contributed by atoms with Gasteiger partial charge in [-0.1, -0.05) is 48.5 Å². The van der Waals surface area contributed by atoms with Crippen LogP contribution in [-0.2, 0) is 16.8 Å². The van der Waals surface area contributed by atoms with Crippen molar-refractivity contribution in [2.75, 3.05) is 27.2 Å². The largest absolute Gasteiger partial charge is 0.356 e. The van der Waals surface area contributed by atoms with Crippen molar-refractivity contribution >= 4 is 35.8 Å². The molecule has 1 aliphatic rings. The fourth-order valence-corrected chi connectivity index (χ4v) is 3.48. The average molecular weight is 524 g/mol. The van der Waals surface area contributed by atoms with Gasteiger partial charge < -0.3 is 15.5 Å². The minimum Gasteiger partial charge on any atom is -0.356 e. The molecular weight excluding hydrogens is 494 g/mol. The number of halogens is 2. The highest BCUT2D eigenvalue weighted by atomic mass is 127. The van der Waals surface area contributed by atoms with Gasteiger partial charge in [0.2, 0.25) is 5.91 Å². The maximum absolute atomic E-state index is 14.1. The summed E-state index contributed by atoms with van der Waals surface area (Å²) in [4.78, 5) is 18.3. The molecule has 0 unspecified atom stereocenters. The van der Waals surface area contributed by atoms with Crippen LogP contribution in [-0.4, -0.2) is 44.0 Å². The molecule has 2 aromatic carbocycles. The first kappa shape index (κ1) is 24.1. The molecule has 1 fully saturated rings. The lowest BCUT2D eigenvalue weighted by molar-refractivity contribution is -0.130. The second-order valence-corrected chi connectivity index (χ2v) is 7.60. The molecule has 162 valence electrons. The summed E-state index contributed by atoms with van der Waals surface area (Å²) >= 11 is 0. The quantitative estimate of drug-likeness (QED) is 0.315. The number of hydrogen-bond donors (Lipinski definition) is 2. The van der Waals surface area contributed by atoms with Gasteiger partial charge in [0.25, 0.3) is 0 Å². The van der Waals surface area contributed by atoms with E-state index in [0.29, 0.717) is 32.0 Å². The van der Waals surface area contributed by atoms with Crippen LogP contribution in [0.2, 0.25) is 0 Å². The van der Waals surface area contributed by atoms with Crippen molar-refractivity contribution in [2.45, 2.75) is 31.2 Å². The van der Waals surface area contributed by atoms with E-state index in [-0.39, 0.29) is 41.1 Å². The third kappa shape index (κ3) is 6.42. The van der Waals surface area contributed by atoms with Crippen molar-refractivity contribution in [3.63, 3.8) is 0 Å². The molecule has 30 heavy (non-hydrogen) atoms. The Morgan fingerprint density at radius 3 is 2.40 bits per heavy atom. The van der Waals surface area contributed by atoms with Gasteiger partial charge in [-0.15, -0.1) is 24.0 Å². The second kappa shape index (κ2) is 11.3. The van der Waals surface area contributed by atoms with E-state index in [1.165, 1.54) is 6.07 Å². The Morgan fingerprint density at radius 2 is 1.77 bits per heavy atom. The number of benzene rings is 2. The molecular formula is C23H30FIN4O. The molecule has 5 nitrogen and oxygen atoms in total. The highest BCUT2D eigenvalue weighted by molar-refractivity contribution is 14.0. The lowest BCUT2D eigenvalue weighted by Gasteiger charge is -2.20. The van der Waals surface area contributed by atoms with Crippen molar-refractivity contribution in [3.05, 3.63) is 71.5 Å². The van der Waals surface area contributed by atoms with Crippen LogP contribution < -0.4 is 10.6 Å². The molecule has 3 rings (SSSR count). The van der Waals surface area contributed by atoms with E-state index in [0.717, 1.165) is 24.0 Å². The zero-order valence-corrected chi connectivity index (χ0v) is 19.9. The fraction of sp³-hybridized carbons (Fsp3) is 0.391. The molecule has 1 aliphatic carbocycles. The average Bonchev–Trinajstić information content (AvgIpc) is 3.52. The lowest BCUT2D eigenvalue weighted by atomic mass is 9.95. The first-order chi connectivity index (χ1) is 14.0. The van der Waals surface area contributed by atoms with Crippen LogP contribution in [0.1, 0.15) is 30.4 Å². The van der Waals surface area contributed by atoms with Gasteiger partial charge >= 0.3 is 0 Å². The first-order valence-electron chi connectivity index (χ1n) is 10.0. The van der Waals surface area contributed by atoms with Crippen molar-refractivity contribution in [1.82, 2.24) is 15.5 Å². The van der Waals surface area contributed by atoms with Crippen molar-refractivity contribution in [1.29, 1.82) is 0 Å². The van der Waals surface area contributed by atoms with Crippen LogP contribution in [0.15, 0.2) is 59.6 Å². The number of rotatable bonds is 8. The maximum Gasteiger partial charge on any atom is 0.224 e. The third-order valence-electron chi connectivity index (χ3n) is 5.44. The molecule has 0 heterocycles. The number of hydrogen-bond acceptors (Lipinski definition) is 2. The second-order valence-electron chi connectivity index (χ2n) is 7.60. The number of amides is 1. The number of aliphatic imine (C=N–C) groups is 1. The van der Waals surface area contributed by atoms with Gasteiger partial charge in [-0.25, -0.2) is 4.39 Å². The van der Waals surface area contributed by atoms with E-state index >= 15 is 0 Å². The van der Waals surface area contributed by atoms with Crippen molar-refractivity contribution in [2.24, 2.45) is 4.99 Å². The zero-order valence-electron chi connectivity index (χ0n) is 17.5. The Labute approximate surface area is 195 Å². The van der Waals surface area contributed by atoms with Gasteiger partial charge in [0.05, 0.1) is 0 Å². The molecule has 0 spiro atoms. The van der Waals surface area contributed by atoms with Crippen LogP contribution in [0, 0.1) is 5.82 Å². The number of nitrogens with zero attached hydrogens (tertiary/aromatic N) is 2. The third-order valence-corrected chi connectivity index (χ3v) is 5.44. The zero-order chi connectivity index (χ0) is 20.7. The number of carbonyl (C=O) groups is 1. The summed E-state index contributed by atoms with van der Waals surface area (Å²) < 4.78 is 14.1. The van der Waals surface area contributed by atoms with Gasteiger partial charge in [-0.2, -0.15) is 0 Å². The minimum atomic E-state index is -0.158. The highest BCUT2D eigenvalue weighted by Gasteiger charge is 2.45. The highest BCUT2D eigenvalue weighted by Crippen LogP contribution is 2.48. The molecule has 2 aromatic rings. The number of carbonyl (C=O) groups excluding carboxylic acids is 1. The van der Waals surface area contributed by atoms with E-state index in [4.69, 9.17) is 0 Å². The molecule has 0 saturated heterocycles. The Hall–Kier alpha value is -2.16. The summed E-state index contributed by atoms with van der Waals surface area (Å²) in [5.41, 5.74) is 1.71. The molecule has 7 heteroatoms. The predicted octanol–water partition coefficient (Wildman–Crippen LogP) is 3.69. The fourth-order valence-electron chi connectivity index (χ4n) is 3.48. The van der Waals surface area contributed by atoms with Gasteiger partial charge in [0.15, 0.2) is 5.96 Å². The van der Waals surface area contributed by atoms with E-state index in [1.54, 1.807) is 18.0 Å². The molecule has 0 atom stereocenters. The van der Waals surface area contributed by atoms with E-state index < -0.39 is 0 Å². The SMILES string of the molecule is CN=C(NCCC(=O)N(C)Cc1ccccc1)NCC1(c2ccccc2F)CC1.I. The predicted molar refractivity (Wildman–Crippen MR) is 130 cm³/mol. The summed E-state index contributed by atoms with van der Waals surface area (Å²) in [5, 5.41) is 6.47. The first-order valence-corrected chi connectivity index (χ1v) is 10.0. The Bertz CT molecular complexity index is 855. The lowest BCUT2D eigenvalue weighted by Crippen LogP contribution is -2.42. The van der Waals surface area contributed by atoms with Crippen LogP contribution in [0.4, 0.5) is 4.39 Å². The summed E-state index contributed by atoms with van der Waals surface area (Å²) in [6, 6.07) is 16.9. The Morgan fingerprint density at radius 1 is 1.10 bits per heavy atom. The normalized spacial score (nSPS) is 14.4. The minimum absolute atomic E-state index is 0. The summed E-state index contributed by atoms with van der Waals surface area (Å²) in [7, 11) is 3.51. The van der Waals surface area contributed by atoms with Crippen LogP contribution >= 0.6 is 24.0 Å². The van der Waals surface area contributed by atoms with Gasteiger partial charge in [-0.3, -0.25) is 9.79 Å². The van der Waals surface area contributed by atoms with Crippen molar-refractivity contribution < 1.29 is 9.18 Å². The number of guanidine groups is 1. The van der Waals surface area contributed by atoms with Gasteiger partial charge in [-0.05, 0) is 30.0 Å². The molecule has 0 radical (unpaired) electrons. The summed E-state index contributed by atoms with van der Waals surface area (Å²) in [6.07, 6.45) is 2.30. The molecule has 0 aromatic heterocycles. The monoisotopic (exact) mass is 524 g/mol. The van der Waals surface area contributed by atoms with Gasteiger partial charge in [0, 0.05) is 45.6 Å². The smallest absolute Gasteiger partial charge is 0.224 e. The van der Waals surface area contributed by atoms with Gasteiger partial charge in [0.1, 0.15) is 5.82 Å². The summed E-state index contributed by atoms with van der Waals surface area (Å²) in [6.45, 7) is 1.71. The molecule has 0 bridgehead atoms. The number of nitrogens with one attached hydrogen (secondary N) is 2. The molecule has 2 N–H and O–H groups in total. The molecule has 1 amide bonds. The topological polar surface area (TPSA) is 56.7 Å². The molecule has 1 saturated carbocycles. The summed E-state index contributed by atoms with van der Waals surface area (Å²) in [5.74, 6) is 0.551. The molecule has 0 aliphatic heterocycles. The van der Waals surface area contributed by atoms with E-state index in [2.05, 4.69) is 15.6 Å².